The van der Waals surface area contributed by atoms with Crippen molar-refractivity contribution in [3.63, 3.8) is 0 Å². The molecule has 1 heterocycles. The number of rotatable bonds is 6. The number of anilines is 1. The average molecular weight is 369 g/mol. The molecule has 1 fully saturated rings. The Morgan fingerprint density at radius 2 is 1.84 bits per heavy atom. The van der Waals surface area contributed by atoms with Crippen molar-refractivity contribution in [1.29, 1.82) is 0 Å². The number of hydrogen-bond donors (Lipinski definition) is 4. The second-order valence-corrected chi connectivity index (χ2v) is 7.34. The third-order valence-electron chi connectivity index (χ3n) is 4.04. The predicted octanol–water partition coefficient (Wildman–Crippen LogP) is -0.771. The lowest BCUT2D eigenvalue weighted by Crippen LogP contribution is -2.44. The summed E-state index contributed by atoms with van der Waals surface area (Å²) in [6, 6.07) is 6.69. The largest absolute Gasteiger partial charge is 0.351 e. The molecular formula is C15H23N5O4S. The molecule has 10 heteroatoms. The van der Waals surface area contributed by atoms with Gasteiger partial charge < -0.3 is 16.4 Å². The molecule has 1 aromatic rings. The zero-order chi connectivity index (χ0) is 18.4. The van der Waals surface area contributed by atoms with Crippen LogP contribution < -0.4 is 21.5 Å². The second-order valence-electron chi connectivity index (χ2n) is 5.80. The Kier molecular flexibility index (Phi) is 6.48. The number of carbonyl (C=O) groups excluding carboxylic acids is 2. The highest BCUT2D eigenvalue weighted by Gasteiger charge is 2.29. The zero-order valence-electron chi connectivity index (χ0n) is 13.8. The third kappa shape index (κ3) is 5.23. The lowest BCUT2D eigenvalue weighted by Gasteiger charge is -2.29. The van der Waals surface area contributed by atoms with Gasteiger partial charge in [0, 0.05) is 32.1 Å². The Morgan fingerprint density at radius 3 is 2.44 bits per heavy atom. The molecule has 6 N–H and O–H groups in total. The highest BCUT2D eigenvalue weighted by atomic mass is 32.2. The molecule has 1 aromatic carbocycles. The summed E-state index contributed by atoms with van der Waals surface area (Å²) in [4.78, 5) is 24.6. The smallest absolute Gasteiger partial charge is 0.276 e. The first-order valence-electron chi connectivity index (χ1n) is 7.99. The average Bonchev–Trinajstić information content (AvgIpc) is 2.59. The molecule has 9 nitrogen and oxygen atoms in total. The molecule has 1 aliphatic heterocycles. The Morgan fingerprint density at radius 1 is 1.20 bits per heavy atom. The maximum Gasteiger partial charge on any atom is 0.276 e. The maximum atomic E-state index is 12.5. The fraction of sp³-hybridized carbons (Fsp3) is 0.467. The zero-order valence-corrected chi connectivity index (χ0v) is 14.6. The van der Waals surface area contributed by atoms with E-state index in [1.807, 2.05) is 0 Å². The molecule has 0 atom stereocenters. The molecular weight excluding hydrogens is 346 g/mol. The number of piperidine rings is 1. The van der Waals surface area contributed by atoms with E-state index in [1.165, 1.54) is 0 Å². The summed E-state index contributed by atoms with van der Waals surface area (Å²) in [5.41, 5.74) is 6.14. The summed E-state index contributed by atoms with van der Waals surface area (Å²) in [5.74, 6) is -0.892. The lowest BCUT2D eigenvalue weighted by molar-refractivity contribution is -0.120. The minimum absolute atomic E-state index is 0.204. The first kappa shape index (κ1) is 19.3. The van der Waals surface area contributed by atoms with E-state index in [1.54, 1.807) is 24.3 Å². The van der Waals surface area contributed by atoms with Crippen LogP contribution in [0.5, 0.6) is 0 Å². The summed E-state index contributed by atoms with van der Waals surface area (Å²) < 4.78 is 23.8. The van der Waals surface area contributed by atoms with E-state index < -0.39 is 10.2 Å². The van der Waals surface area contributed by atoms with Crippen LogP contribution in [0, 0.1) is 5.92 Å². The van der Waals surface area contributed by atoms with Gasteiger partial charge in [0.25, 0.3) is 16.1 Å². The van der Waals surface area contributed by atoms with Gasteiger partial charge in [0.15, 0.2) is 0 Å². The topological polar surface area (TPSA) is 148 Å². The van der Waals surface area contributed by atoms with Crippen LogP contribution in [-0.2, 0) is 15.0 Å². The Labute approximate surface area is 146 Å². The van der Waals surface area contributed by atoms with Crippen molar-refractivity contribution < 1.29 is 18.0 Å². The molecule has 0 bridgehead atoms. The minimum Gasteiger partial charge on any atom is -0.351 e. The van der Waals surface area contributed by atoms with E-state index in [0.717, 1.165) is 4.31 Å². The first-order chi connectivity index (χ1) is 11.8. The molecule has 0 saturated carbocycles. The van der Waals surface area contributed by atoms with E-state index >= 15 is 0 Å². The Hall–Kier alpha value is -2.01. The van der Waals surface area contributed by atoms with Crippen LogP contribution in [0.25, 0.3) is 0 Å². The Balaban J connectivity index is 2.01. The van der Waals surface area contributed by atoms with Gasteiger partial charge in [-0.2, -0.15) is 12.7 Å². The van der Waals surface area contributed by atoms with Gasteiger partial charge in [-0.25, -0.2) is 5.14 Å². The van der Waals surface area contributed by atoms with Crippen molar-refractivity contribution in [2.45, 2.75) is 12.8 Å². The molecule has 2 rings (SSSR count). The summed E-state index contributed by atoms with van der Waals surface area (Å²) in [6.07, 6.45) is 0.758. The SMILES string of the molecule is NCCNC(=O)c1ccccc1NC(=O)C1CCN(S(N)(=O)=O)CC1. The van der Waals surface area contributed by atoms with Gasteiger partial charge in [-0.3, -0.25) is 9.59 Å². The van der Waals surface area contributed by atoms with Gasteiger partial charge in [-0.1, -0.05) is 12.1 Å². The molecule has 0 unspecified atom stereocenters. The normalized spacial score (nSPS) is 16.4. The number of para-hydroxylation sites is 1. The number of nitrogens with one attached hydrogen (secondary N) is 2. The van der Waals surface area contributed by atoms with E-state index in [0.29, 0.717) is 37.2 Å². The van der Waals surface area contributed by atoms with Crippen molar-refractivity contribution in [3.8, 4) is 0 Å². The highest BCUT2D eigenvalue weighted by molar-refractivity contribution is 7.86. The summed E-state index contributed by atoms with van der Waals surface area (Å²) >= 11 is 0. The quantitative estimate of drug-likeness (QED) is 0.520. The summed E-state index contributed by atoms with van der Waals surface area (Å²) in [5, 5.41) is 10.5. The summed E-state index contributed by atoms with van der Waals surface area (Å²) in [6.45, 7) is 1.07. The monoisotopic (exact) mass is 369 g/mol. The molecule has 1 aliphatic rings. The van der Waals surface area contributed by atoms with Crippen molar-refractivity contribution in [2.24, 2.45) is 16.8 Å². The van der Waals surface area contributed by atoms with Crippen LogP contribution in [0.15, 0.2) is 24.3 Å². The van der Waals surface area contributed by atoms with Gasteiger partial charge in [-0.05, 0) is 25.0 Å². The predicted molar refractivity (Wildman–Crippen MR) is 93.9 cm³/mol. The number of nitrogens with zero attached hydrogens (tertiary/aromatic N) is 1. The van der Waals surface area contributed by atoms with Crippen LogP contribution in [0.3, 0.4) is 0 Å². The van der Waals surface area contributed by atoms with Crippen LogP contribution in [-0.4, -0.2) is 50.7 Å². The van der Waals surface area contributed by atoms with Gasteiger partial charge in [0.05, 0.1) is 11.3 Å². The molecule has 2 amide bonds. The minimum atomic E-state index is -3.72. The van der Waals surface area contributed by atoms with Gasteiger partial charge in [0.1, 0.15) is 0 Å². The van der Waals surface area contributed by atoms with Crippen molar-refractivity contribution >= 4 is 27.7 Å². The van der Waals surface area contributed by atoms with Crippen molar-refractivity contribution in [1.82, 2.24) is 9.62 Å². The van der Waals surface area contributed by atoms with E-state index in [2.05, 4.69) is 10.6 Å². The number of nitrogens with two attached hydrogens (primary N) is 2. The lowest BCUT2D eigenvalue weighted by atomic mass is 9.97. The number of carbonyl (C=O) groups is 2. The van der Waals surface area contributed by atoms with Gasteiger partial charge >= 0.3 is 0 Å². The van der Waals surface area contributed by atoms with Crippen molar-refractivity contribution in [2.75, 3.05) is 31.5 Å². The standard InChI is InChI=1S/C15H23N5O4S/c16-7-8-18-15(22)12-3-1-2-4-13(12)19-14(21)11-5-9-20(10-6-11)25(17,23)24/h1-4,11H,5-10,16H2,(H,18,22)(H,19,21)(H2,17,23,24). The van der Waals surface area contributed by atoms with E-state index in [4.69, 9.17) is 10.9 Å². The number of amides is 2. The summed E-state index contributed by atoms with van der Waals surface area (Å²) in [7, 11) is -3.72. The van der Waals surface area contributed by atoms with Crippen LogP contribution in [0.2, 0.25) is 0 Å². The van der Waals surface area contributed by atoms with Gasteiger partial charge in [0.2, 0.25) is 5.91 Å². The molecule has 0 aromatic heterocycles. The fourth-order valence-corrected chi connectivity index (χ4v) is 3.40. The van der Waals surface area contributed by atoms with Crippen LogP contribution >= 0.6 is 0 Å². The first-order valence-corrected chi connectivity index (χ1v) is 9.49. The van der Waals surface area contributed by atoms with Crippen LogP contribution in [0.4, 0.5) is 5.69 Å². The van der Waals surface area contributed by atoms with Gasteiger partial charge in [-0.15, -0.1) is 0 Å². The van der Waals surface area contributed by atoms with Crippen LogP contribution in [0.1, 0.15) is 23.2 Å². The third-order valence-corrected chi connectivity index (χ3v) is 5.13. The molecule has 0 aliphatic carbocycles. The molecule has 0 spiro atoms. The number of hydrogen-bond acceptors (Lipinski definition) is 5. The molecule has 0 radical (unpaired) electrons. The van der Waals surface area contributed by atoms with Crippen molar-refractivity contribution in [3.05, 3.63) is 29.8 Å². The number of benzene rings is 1. The van der Waals surface area contributed by atoms with E-state index in [9.17, 15) is 18.0 Å². The molecule has 25 heavy (non-hydrogen) atoms. The maximum absolute atomic E-state index is 12.5. The molecule has 138 valence electrons. The Bertz CT molecular complexity index is 729. The fourth-order valence-electron chi connectivity index (χ4n) is 2.68. The second kappa shape index (κ2) is 8.39. The molecule has 1 saturated heterocycles. The highest BCUT2D eigenvalue weighted by Crippen LogP contribution is 2.22. The van der Waals surface area contributed by atoms with E-state index in [-0.39, 0.29) is 30.8 Å².